The topological polar surface area (TPSA) is 85.6 Å². The van der Waals surface area contributed by atoms with E-state index in [9.17, 15) is 9.18 Å². The molecule has 3 aromatic heterocycles. The summed E-state index contributed by atoms with van der Waals surface area (Å²) < 4.78 is 15.0. The number of nitrogens with zero attached hydrogens (tertiary/aromatic N) is 5. The zero-order valence-electron chi connectivity index (χ0n) is 18.0. The van der Waals surface area contributed by atoms with Gasteiger partial charge in [-0.3, -0.25) is 9.78 Å². The van der Waals surface area contributed by atoms with Gasteiger partial charge in [-0.1, -0.05) is 35.5 Å². The third kappa shape index (κ3) is 4.56. The maximum Gasteiger partial charge on any atom is 0.247 e. The van der Waals surface area contributed by atoms with E-state index in [1.807, 2.05) is 36.4 Å². The Morgan fingerprint density at radius 3 is 2.26 bits per heavy atom. The van der Waals surface area contributed by atoms with Crippen molar-refractivity contribution >= 4 is 11.7 Å². The molecule has 2 aromatic carbocycles. The highest BCUT2D eigenvalue weighted by Gasteiger charge is 2.19. The van der Waals surface area contributed by atoms with Crippen LogP contribution in [0.1, 0.15) is 0 Å². The molecule has 0 aliphatic rings. The van der Waals surface area contributed by atoms with E-state index in [0.29, 0.717) is 22.8 Å². The van der Waals surface area contributed by atoms with Crippen LogP contribution in [-0.4, -0.2) is 30.9 Å². The van der Waals surface area contributed by atoms with Crippen molar-refractivity contribution in [3.8, 4) is 33.6 Å². The number of aromatic nitrogens is 5. The minimum atomic E-state index is -0.351. The second kappa shape index (κ2) is 9.41. The number of carbonyl (C=O) groups is 1. The summed E-state index contributed by atoms with van der Waals surface area (Å²) >= 11 is 0. The van der Waals surface area contributed by atoms with Gasteiger partial charge in [0.15, 0.2) is 0 Å². The van der Waals surface area contributed by atoms with Crippen molar-refractivity contribution < 1.29 is 9.18 Å². The molecule has 5 rings (SSSR count). The molecule has 3 heterocycles. The number of carbonyl (C=O) groups excluding carboxylic acids is 1. The van der Waals surface area contributed by atoms with Crippen molar-refractivity contribution in [2.75, 3.05) is 5.32 Å². The molecule has 7 nitrogen and oxygen atoms in total. The van der Waals surface area contributed by atoms with Crippen molar-refractivity contribution in [3.05, 3.63) is 103 Å². The molecule has 0 saturated carbocycles. The summed E-state index contributed by atoms with van der Waals surface area (Å²) in [5.74, 6) is -0.229. The van der Waals surface area contributed by atoms with Crippen LogP contribution in [0.4, 0.5) is 10.2 Å². The molecule has 166 valence electrons. The first kappa shape index (κ1) is 21.1. The summed E-state index contributed by atoms with van der Waals surface area (Å²) in [6, 6.07) is 23.1. The maximum atomic E-state index is 13.5. The lowest BCUT2D eigenvalue weighted by atomic mass is 10.1. The summed E-state index contributed by atoms with van der Waals surface area (Å²) in [6.07, 6.45) is 5.02. The fourth-order valence-corrected chi connectivity index (χ4v) is 3.61. The third-order valence-corrected chi connectivity index (χ3v) is 5.24. The highest BCUT2D eigenvalue weighted by molar-refractivity contribution is 5.90. The lowest BCUT2D eigenvalue weighted by Gasteiger charge is -2.10. The normalized spacial score (nSPS) is 10.7. The van der Waals surface area contributed by atoms with E-state index in [1.165, 1.54) is 16.8 Å². The van der Waals surface area contributed by atoms with Gasteiger partial charge < -0.3 is 5.32 Å². The van der Waals surface area contributed by atoms with Gasteiger partial charge in [0.2, 0.25) is 5.91 Å². The van der Waals surface area contributed by atoms with Gasteiger partial charge in [-0.15, -0.1) is 5.10 Å². The van der Waals surface area contributed by atoms with E-state index in [-0.39, 0.29) is 18.3 Å². The van der Waals surface area contributed by atoms with E-state index in [0.717, 1.165) is 16.7 Å². The van der Waals surface area contributed by atoms with Crippen molar-refractivity contribution in [1.29, 1.82) is 0 Å². The first-order chi connectivity index (χ1) is 16.7. The van der Waals surface area contributed by atoms with Gasteiger partial charge >= 0.3 is 0 Å². The summed E-state index contributed by atoms with van der Waals surface area (Å²) in [6.45, 7) is -0.0904. The Bertz CT molecular complexity index is 1400. The number of benzene rings is 2. The third-order valence-electron chi connectivity index (χ3n) is 5.24. The Balaban J connectivity index is 1.39. The predicted octanol–water partition coefficient (Wildman–Crippen LogP) is 4.85. The summed E-state index contributed by atoms with van der Waals surface area (Å²) in [4.78, 5) is 21.2. The van der Waals surface area contributed by atoms with Crippen LogP contribution in [0, 0.1) is 5.82 Å². The highest BCUT2D eigenvalue weighted by atomic mass is 19.1. The Morgan fingerprint density at radius 2 is 1.56 bits per heavy atom. The fourth-order valence-electron chi connectivity index (χ4n) is 3.61. The van der Waals surface area contributed by atoms with Gasteiger partial charge in [-0.25, -0.2) is 14.1 Å². The van der Waals surface area contributed by atoms with Gasteiger partial charge in [0.25, 0.3) is 0 Å². The number of amides is 1. The second-order valence-corrected chi connectivity index (χ2v) is 7.53. The molecule has 0 aliphatic heterocycles. The number of halogens is 1. The molecule has 0 unspecified atom stereocenters. The fraction of sp³-hybridized carbons (Fsp3) is 0.0385. The largest absolute Gasteiger partial charge is 0.309 e. The summed E-state index contributed by atoms with van der Waals surface area (Å²) in [5, 5.41) is 11.3. The van der Waals surface area contributed by atoms with Gasteiger partial charge in [0, 0.05) is 35.3 Å². The van der Waals surface area contributed by atoms with Crippen LogP contribution in [0.2, 0.25) is 0 Å². The Labute approximate surface area is 195 Å². The van der Waals surface area contributed by atoms with Crippen LogP contribution >= 0.6 is 0 Å². The molecular weight excluding hydrogens is 431 g/mol. The zero-order valence-corrected chi connectivity index (χ0v) is 18.0. The van der Waals surface area contributed by atoms with Crippen molar-refractivity contribution in [1.82, 2.24) is 25.0 Å². The van der Waals surface area contributed by atoms with Crippen LogP contribution in [0.15, 0.2) is 97.5 Å². The molecule has 0 spiro atoms. The van der Waals surface area contributed by atoms with Gasteiger partial charge in [0.1, 0.15) is 23.9 Å². The maximum absolute atomic E-state index is 13.5. The molecular formula is C26H19FN6O. The van der Waals surface area contributed by atoms with E-state index in [2.05, 4.69) is 25.6 Å². The lowest BCUT2D eigenvalue weighted by molar-refractivity contribution is -0.116. The van der Waals surface area contributed by atoms with Crippen LogP contribution in [0.3, 0.4) is 0 Å². The van der Waals surface area contributed by atoms with Crippen LogP contribution in [-0.2, 0) is 11.3 Å². The number of anilines is 1. The standard InChI is InChI=1S/C26H19FN6O/c27-22-9-6-20(7-10-22)26-25(19-12-14-28-15-13-19)31-32-33(26)17-24(34)30-23-11-8-21(16-29-23)18-4-2-1-3-5-18/h1-16H,17H2,(H,29,30,34). The highest BCUT2D eigenvalue weighted by Crippen LogP contribution is 2.30. The molecule has 5 aromatic rings. The summed E-state index contributed by atoms with van der Waals surface area (Å²) in [5.41, 5.74) is 4.66. The zero-order chi connectivity index (χ0) is 23.3. The molecule has 0 aliphatic carbocycles. The molecule has 0 fully saturated rings. The molecule has 1 N–H and O–H groups in total. The van der Waals surface area contributed by atoms with Crippen LogP contribution in [0.25, 0.3) is 33.6 Å². The van der Waals surface area contributed by atoms with Crippen LogP contribution < -0.4 is 5.32 Å². The second-order valence-electron chi connectivity index (χ2n) is 7.53. The number of rotatable bonds is 6. The van der Waals surface area contributed by atoms with Gasteiger partial charge in [-0.05, 0) is 54.1 Å². The lowest BCUT2D eigenvalue weighted by Crippen LogP contribution is -2.20. The molecule has 0 atom stereocenters. The molecule has 34 heavy (non-hydrogen) atoms. The molecule has 0 radical (unpaired) electrons. The number of hydrogen-bond donors (Lipinski definition) is 1. The van der Waals surface area contributed by atoms with E-state index in [4.69, 9.17) is 0 Å². The van der Waals surface area contributed by atoms with E-state index in [1.54, 1.807) is 48.9 Å². The van der Waals surface area contributed by atoms with Crippen LogP contribution in [0.5, 0.6) is 0 Å². The number of nitrogens with one attached hydrogen (secondary N) is 1. The predicted molar refractivity (Wildman–Crippen MR) is 127 cm³/mol. The van der Waals surface area contributed by atoms with E-state index < -0.39 is 0 Å². The Kier molecular flexibility index (Phi) is 5.85. The van der Waals surface area contributed by atoms with Gasteiger partial charge in [0.05, 0.1) is 5.69 Å². The average Bonchev–Trinajstić information content (AvgIpc) is 3.29. The summed E-state index contributed by atoms with van der Waals surface area (Å²) in [7, 11) is 0. The average molecular weight is 450 g/mol. The van der Waals surface area contributed by atoms with Crippen molar-refractivity contribution in [2.45, 2.75) is 6.54 Å². The smallest absolute Gasteiger partial charge is 0.247 e. The minimum Gasteiger partial charge on any atom is -0.309 e. The Hall–Kier alpha value is -4.72. The van der Waals surface area contributed by atoms with Gasteiger partial charge in [-0.2, -0.15) is 0 Å². The molecule has 8 heteroatoms. The molecule has 0 saturated heterocycles. The first-order valence-corrected chi connectivity index (χ1v) is 10.6. The number of hydrogen-bond acceptors (Lipinski definition) is 5. The monoisotopic (exact) mass is 450 g/mol. The minimum absolute atomic E-state index is 0.0904. The Morgan fingerprint density at radius 1 is 0.824 bits per heavy atom. The molecule has 1 amide bonds. The number of pyridine rings is 2. The van der Waals surface area contributed by atoms with Crippen molar-refractivity contribution in [3.63, 3.8) is 0 Å². The molecule has 0 bridgehead atoms. The van der Waals surface area contributed by atoms with Crippen molar-refractivity contribution in [2.24, 2.45) is 0 Å². The van der Waals surface area contributed by atoms with E-state index >= 15 is 0 Å². The first-order valence-electron chi connectivity index (χ1n) is 10.6. The quantitative estimate of drug-likeness (QED) is 0.400. The SMILES string of the molecule is O=C(Cn1nnc(-c2ccncc2)c1-c1ccc(F)cc1)Nc1ccc(-c2ccccc2)cn1.